The van der Waals surface area contributed by atoms with Crippen molar-refractivity contribution in [1.82, 2.24) is 0 Å². The van der Waals surface area contributed by atoms with E-state index in [4.69, 9.17) is 15.2 Å². The smallest absolute Gasteiger partial charge is 0.105 e. The van der Waals surface area contributed by atoms with E-state index in [9.17, 15) is 0 Å². The van der Waals surface area contributed by atoms with Crippen molar-refractivity contribution in [1.29, 1.82) is 0 Å². The summed E-state index contributed by atoms with van der Waals surface area (Å²) in [4.78, 5) is 0. The number of ether oxygens (including phenoxy) is 2. The second-order valence-electron chi connectivity index (χ2n) is 4.89. The van der Waals surface area contributed by atoms with Crippen molar-refractivity contribution in [3.8, 4) is 0 Å². The summed E-state index contributed by atoms with van der Waals surface area (Å²) in [5.41, 5.74) is 6.36. The Labute approximate surface area is 79.6 Å². The molecule has 1 saturated carbocycles. The Kier molecular flexibility index (Phi) is 2.34. The summed E-state index contributed by atoms with van der Waals surface area (Å²) in [5.74, 6) is 0. The van der Waals surface area contributed by atoms with Gasteiger partial charge in [0.25, 0.3) is 0 Å². The van der Waals surface area contributed by atoms with Crippen LogP contribution in [0.25, 0.3) is 0 Å². The Bertz CT molecular complexity index is 189. The van der Waals surface area contributed by atoms with E-state index >= 15 is 0 Å². The molecule has 2 fully saturated rings. The summed E-state index contributed by atoms with van der Waals surface area (Å²) in [6, 6.07) is 0.188. The predicted molar refractivity (Wildman–Crippen MR) is 50.5 cm³/mol. The molecule has 0 aromatic rings. The molecule has 76 valence electrons. The van der Waals surface area contributed by atoms with Gasteiger partial charge < -0.3 is 15.2 Å². The molecule has 2 N–H and O–H groups in total. The van der Waals surface area contributed by atoms with Crippen LogP contribution in [-0.4, -0.2) is 31.5 Å². The molecular formula is C10H19NO2. The normalized spacial score (nSPS) is 39.0. The second kappa shape index (κ2) is 3.23. The van der Waals surface area contributed by atoms with Gasteiger partial charge in [0.15, 0.2) is 0 Å². The van der Waals surface area contributed by atoms with Crippen LogP contribution >= 0.6 is 0 Å². The van der Waals surface area contributed by atoms with E-state index in [1.807, 2.05) is 0 Å². The summed E-state index contributed by atoms with van der Waals surface area (Å²) in [7, 11) is 0. The Morgan fingerprint density at radius 2 is 2.08 bits per heavy atom. The van der Waals surface area contributed by atoms with Crippen molar-refractivity contribution in [3.05, 3.63) is 0 Å². The van der Waals surface area contributed by atoms with Crippen LogP contribution in [-0.2, 0) is 9.47 Å². The van der Waals surface area contributed by atoms with Crippen LogP contribution in [0.5, 0.6) is 0 Å². The molecule has 0 bridgehead atoms. The molecule has 13 heavy (non-hydrogen) atoms. The molecule has 3 heteroatoms. The molecule has 0 radical (unpaired) electrons. The molecule has 1 aliphatic heterocycles. The summed E-state index contributed by atoms with van der Waals surface area (Å²) >= 11 is 0. The van der Waals surface area contributed by atoms with E-state index in [-0.39, 0.29) is 17.6 Å². The lowest BCUT2D eigenvalue weighted by Crippen LogP contribution is -2.46. The van der Waals surface area contributed by atoms with E-state index in [1.54, 1.807) is 0 Å². The molecule has 0 spiro atoms. The number of hydrogen-bond acceptors (Lipinski definition) is 3. The van der Waals surface area contributed by atoms with Crippen LogP contribution < -0.4 is 5.73 Å². The maximum absolute atomic E-state index is 6.12. The number of hydrogen-bond donors (Lipinski definition) is 1. The quantitative estimate of drug-likeness (QED) is 0.695. The Morgan fingerprint density at radius 1 is 1.38 bits per heavy atom. The van der Waals surface area contributed by atoms with Crippen LogP contribution in [0.1, 0.15) is 26.7 Å². The monoisotopic (exact) mass is 185 g/mol. The molecule has 1 heterocycles. The van der Waals surface area contributed by atoms with Gasteiger partial charge in [0.05, 0.1) is 19.3 Å². The van der Waals surface area contributed by atoms with Gasteiger partial charge in [-0.3, -0.25) is 0 Å². The molecule has 0 aromatic carbocycles. The molecule has 2 unspecified atom stereocenters. The summed E-state index contributed by atoms with van der Waals surface area (Å²) in [6.07, 6.45) is 2.84. The minimum absolute atomic E-state index is 0.188. The number of rotatable bonds is 2. The molecule has 0 amide bonds. The SMILES string of the molecule is CC1(C)CCC(OC2COC2)C1N. The third-order valence-corrected chi connectivity index (χ3v) is 3.35. The minimum Gasteiger partial charge on any atom is -0.376 e. The Morgan fingerprint density at radius 3 is 2.46 bits per heavy atom. The van der Waals surface area contributed by atoms with Crippen LogP contribution in [0.3, 0.4) is 0 Å². The zero-order valence-electron chi connectivity index (χ0n) is 8.45. The second-order valence-corrected chi connectivity index (χ2v) is 4.89. The van der Waals surface area contributed by atoms with Crippen LogP contribution in [0.15, 0.2) is 0 Å². The fourth-order valence-corrected chi connectivity index (χ4v) is 2.06. The molecule has 2 rings (SSSR count). The van der Waals surface area contributed by atoms with E-state index in [0.29, 0.717) is 6.10 Å². The van der Waals surface area contributed by atoms with Gasteiger partial charge in [-0.15, -0.1) is 0 Å². The van der Waals surface area contributed by atoms with Gasteiger partial charge in [0, 0.05) is 6.04 Å². The highest BCUT2D eigenvalue weighted by Crippen LogP contribution is 2.38. The first kappa shape index (κ1) is 9.44. The molecule has 3 nitrogen and oxygen atoms in total. The van der Waals surface area contributed by atoms with E-state index in [0.717, 1.165) is 19.6 Å². The largest absolute Gasteiger partial charge is 0.376 e. The summed E-state index contributed by atoms with van der Waals surface area (Å²) in [5, 5.41) is 0. The van der Waals surface area contributed by atoms with E-state index in [1.165, 1.54) is 6.42 Å². The topological polar surface area (TPSA) is 44.5 Å². The van der Waals surface area contributed by atoms with Gasteiger partial charge in [-0.1, -0.05) is 13.8 Å². The van der Waals surface area contributed by atoms with Crippen LogP contribution in [0.4, 0.5) is 0 Å². The van der Waals surface area contributed by atoms with Crippen molar-refractivity contribution in [2.75, 3.05) is 13.2 Å². The highest BCUT2D eigenvalue weighted by Gasteiger charge is 2.41. The lowest BCUT2D eigenvalue weighted by Gasteiger charge is -2.33. The van der Waals surface area contributed by atoms with E-state index in [2.05, 4.69) is 13.8 Å². The highest BCUT2D eigenvalue weighted by atomic mass is 16.6. The standard InChI is InChI=1S/C10H19NO2/c1-10(2)4-3-8(9(10)11)13-7-5-12-6-7/h7-9H,3-6,11H2,1-2H3. The fourth-order valence-electron chi connectivity index (χ4n) is 2.06. The lowest BCUT2D eigenvalue weighted by molar-refractivity contribution is -0.157. The first-order valence-corrected chi connectivity index (χ1v) is 5.08. The molecule has 2 atom stereocenters. The minimum atomic E-state index is 0.188. The summed E-state index contributed by atoms with van der Waals surface area (Å²) < 4.78 is 10.9. The molecule has 1 saturated heterocycles. The van der Waals surface area contributed by atoms with Gasteiger partial charge in [-0.2, -0.15) is 0 Å². The predicted octanol–water partition coefficient (Wildman–Crippen LogP) is 0.918. The molecule has 2 aliphatic rings. The fraction of sp³-hybridized carbons (Fsp3) is 1.00. The molecule has 0 aromatic heterocycles. The van der Waals surface area contributed by atoms with Crippen molar-refractivity contribution in [3.63, 3.8) is 0 Å². The third-order valence-electron chi connectivity index (χ3n) is 3.35. The average Bonchev–Trinajstić information content (AvgIpc) is 2.22. The zero-order valence-corrected chi connectivity index (χ0v) is 8.45. The van der Waals surface area contributed by atoms with Gasteiger partial charge in [-0.05, 0) is 18.3 Å². The average molecular weight is 185 g/mol. The van der Waals surface area contributed by atoms with Crippen LogP contribution in [0, 0.1) is 5.41 Å². The van der Waals surface area contributed by atoms with Crippen molar-refractivity contribution < 1.29 is 9.47 Å². The molecule has 1 aliphatic carbocycles. The maximum Gasteiger partial charge on any atom is 0.105 e. The summed E-state index contributed by atoms with van der Waals surface area (Å²) in [6.45, 7) is 5.95. The highest BCUT2D eigenvalue weighted by molar-refractivity contribution is 4.95. The Balaban J connectivity index is 1.87. The van der Waals surface area contributed by atoms with Gasteiger partial charge in [0.2, 0.25) is 0 Å². The van der Waals surface area contributed by atoms with Crippen molar-refractivity contribution >= 4 is 0 Å². The zero-order chi connectivity index (χ0) is 9.47. The van der Waals surface area contributed by atoms with Crippen LogP contribution in [0.2, 0.25) is 0 Å². The first-order valence-electron chi connectivity index (χ1n) is 5.08. The van der Waals surface area contributed by atoms with Gasteiger partial charge in [-0.25, -0.2) is 0 Å². The molecular weight excluding hydrogens is 166 g/mol. The lowest BCUT2D eigenvalue weighted by atomic mass is 9.88. The van der Waals surface area contributed by atoms with Crippen molar-refractivity contribution in [2.24, 2.45) is 11.1 Å². The maximum atomic E-state index is 6.12. The van der Waals surface area contributed by atoms with Crippen molar-refractivity contribution in [2.45, 2.75) is 44.9 Å². The number of nitrogens with two attached hydrogens (primary N) is 1. The van der Waals surface area contributed by atoms with Gasteiger partial charge >= 0.3 is 0 Å². The third kappa shape index (κ3) is 1.73. The van der Waals surface area contributed by atoms with Gasteiger partial charge in [0.1, 0.15) is 6.10 Å². The Hall–Kier alpha value is -0.120. The first-order chi connectivity index (χ1) is 6.09. The van der Waals surface area contributed by atoms with E-state index < -0.39 is 0 Å².